The molecule has 4 nitrogen and oxygen atoms in total. The predicted octanol–water partition coefficient (Wildman–Crippen LogP) is 11.3. The van der Waals surface area contributed by atoms with Gasteiger partial charge in [0.05, 0.1) is 50.5 Å². The van der Waals surface area contributed by atoms with Crippen LogP contribution in [0.2, 0.25) is 0 Å². The maximum absolute atomic E-state index is 10.1. The monoisotopic (exact) mass is 599 g/mol. The molecule has 0 saturated carbocycles. The van der Waals surface area contributed by atoms with Crippen LogP contribution < -0.4 is 0 Å². The lowest BCUT2D eigenvalue weighted by atomic mass is 9.98. The van der Waals surface area contributed by atoms with Crippen LogP contribution in [0.4, 0.5) is 0 Å². The Hall–Kier alpha value is -6.57. The van der Waals surface area contributed by atoms with Crippen LogP contribution >= 0.6 is 0 Å². The van der Waals surface area contributed by atoms with Crippen molar-refractivity contribution < 1.29 is 4.42 Å². The number of nitriles is 1. The van der Waals surface area contributed by atoms with E-state index in [1.54, 1.807) is 0 Å². The lowest BCUT2D eigenvalue weighted by Gasteiger charge is -2.19. The van der Waals surface area contributed by atoms with E-state index in [1.165, 1.54) is 21.5 Å². The van der Waals surface area contributed by atoms with E-state index in [0.717, 1.165) is 66.5 Å². The van der Waals surface area contributed by atoms with Gasteiger partial charge in [0.2, 0.25) is 0 Å². The Morgan fingerprint density at radius 2 is 1.02 bits per heavy atom. The van der Waals surface area contributed by atoms with Gasteiger partial charge in [0.25, 0.3) is 0 Å². The van der Waals surface area contributed by atoms with Gasteiger partial charge in [-0.25, -0.2) is 0 Å². The van der Waals surface area contributed by atoms with Crippen LogP contribution in [-0.4, -0.2) is 9.13 Å². The number of rotatable bonds is 3. The van der Waals surface area contributed by atoms with Crippen molar-refractivity contribution in [1.82, 2.24) is 9.13 Å². The topological polar surface area (TPSA) is 46.8 Å². The van der Waals surface area contributed by atoms with Crippen LogP contribution in [0.5, 0.6) is 0 Å². The van der Waals surface area contributed by atoms with Crippen molar-refractivity contribution in [3.8, 4) is 28.6 Å². The molecule has 0 amide bonds. The van der Waals surface area contributed by atoms with Crippen molar-refractivity contribution in [2.24, 2.45) is 0 Å². The normalized spacial score (nSPS) is 11.8. The van der Waals surface area contributed by atoms with Crippen LogP contribution in [0, 0.1) is 11.3 Å². The second-order valence-corrected chi connectivity index (χ2v) is 12.0. The first-order valence-corrected chi connectivity index (χ1v) is 15.8. The van der Waals surface area contributed by atoms with Gasteiger partial charge in [-0.2, -0.15) is 5.26 Å². The number of hydrogen-bond donors (Lipinski definition) is 0. The van der Waals surface area contributed by atoms with E-state index in [9.17, 15) is 5.26 Å². The molecular weight excluding hydrogens is 574 g/mol. The van der Waals surface area contributed by atoms with Gasteiger partial charge >= 0.3 is 0 Å². The number of aromatic nitrogens is 2. The Morgan fingerprint density at radius 1 is 0.447 bits per heavy atom. The molecule has 0 radical (unpaired) electrons. The summed E-state index contributed by atoms with van der Waals surface area (Å²) < 4.78 is 11.1. The fourth-order valence-corrected chi connectivity index (χ4v) is 7.61. The number of hydrogen-bond acceptors (Lipinski definition) is 2. The van der Waals surface area contributed by atoms with Gasteiger partial charge in [0.1, 0.15) is 11.2 Å². The highest BCUT2D eigenvalue weighted by molar-refractivity contribution is 6.24. The van der Waals surface area contributed by atoms with Crippen molar-refractivity contribution in [3.05, 3.63) is 157 Å². The SMILES string of the molecule is N#Cc1ccc(-n2c3ccccc3c3ccccc32)c(-c2ccccc2-n2c3ccccc3c3ccc4oc5ccccc5c4c32)c1. The first-order valence-electron chi connectivity index (χ1n) is 15.8. The summed E-state index contributed by atoms with van der Waals surface area (Å²) in [5.41, 5.74) is 10.9. The van der Waals surface area contributed by atoms with E-state index in [4.69, 9.17) is 4.42 Å². The number of nitrogens with zero attached hydrogens (tertiary/aromatic N) is 3. The van der Waals surface area contributed by atoms with Gasteiger partial charge in [-0.15, -0.1) is 0 Å². The molecule has 0 aliphatic rings. The largest absolute Gasteiger partial charge is 0.456 e. The summed E-state index contributed by atoms with van der Waals surface area (Å²) in [5.74, 6) is 0. The Bertz CT molecular complexity index is 2880. The van der Waals surface area contributed by atoms with Crippen molar-refractivity contribution in [1.29, 1.82) is 5.26 Å². The summed E-state index contributed by atoms with van der Waals surface area (Å²) in [6.45, 7) is 0. The molecule has 0 unspecified atom stereocenters. The third-order valence-electron chi connectivity index (χ3n) is 9.56. The minimum absolute atomic E-state index is 0.616. The van der Waals surface area contributed by atoms with Crippen LogP contribution in [-0.2, 0) is 0 Å². The van der Waals surface area contributed by atoms with E-state index in [2.05, 4.69) is 143 Å². The molecule has 0 fully saturated rings. The maximum atomic E-state index is 10.1. The Labute approximate surface area is 269 Å². The molecule has 0 aliphatic carbocycles. The van der Waals surface area contributed by atoms with Gasteiger partial charge in [-0.05, 0) is 60.7 Å². The first kappa shape index (κ1) is 25.7. The third-order valence-corrected chi connectivity index (χ3v) is 9.56. The van der Waals surface area contributed by atoms with Crippen molar-refractivity contribution in [2.45, 2.75) is 0 Å². The van der Waals surface area contributed by atoms with Gasteiger partial charge in [-0.3, -0.25) is 0 Å². The number of furan rings is 1. The van der Waals surface area contributed by atoms with E-state index >= 15 is 0 Å². The van der Waals surface area contributed by atoms with Gasteiger partial charge < -0.3 is 13.6 Å². The molecule has 3 heterocycles. The molecule has 7 aromatic carbocycles. The molecule has 0 bridgehead atoms. The zero-order valence-corrected chi connectivity index (χ0v) is 25.2. The molecule has 47 heavy (non-hydrogen) atoms. The van der Waals surface area contributed by atoms with Crippen molar-refractivity contribution in [2.75, 3.05) is 0 Å². The lowest BCUT2D eigenvalue weighted by Crippen LogP contribution is -2.02. The summed E-state index contributed by atoms with van der Waals surface area (Å²) in [5, 5.41) is 17.1. The Balaban J connectivity index is 1.36. The highest BCUT2D eigenvalue weighted by atomic mass is 16.3. The molecule has 0 saturated heterocycles. The molecule has 0 atom stereocenters. The minimum Gasteiger partial charge on any atom is -0.456 e. The van der Waals surface area contributed by atoms with Gasteiger partial charge in [0, 0.05) is 38.1 Å². The molecule has 3 aromatic heterocycles. The highest BCUT2D eigenvalue weighted by Crippen LogP contribution is 2.44. The average Bonchev–Trinajstić information content (AvgIpc) is 3.79. The molecule has 4 heteroatoms. The maximum Gasteiger partial charge on any atom is 0.137 e. The standard InChI is InChI=1S/C43H25N3O/c44-26-27-21-23-39(45-35-16-6-1-11-28(35)29-12-2-7-17-36(29)45)34(25-27)31-14-4-9-19-38(31)46-37-18-8-3-13-30(37)32-22-24-41-42(43(32)46)33-15-5-10-20-40(33)47-41/h1-25H. The molecule has 0 spiro atoms. The van der Waals surface area contributed by atoms with Crippen LogP contribution in [0.1, 0.15) is 5.56 Å². The van der Waals surface area contributed by atoms with Gasteiger partial charge in [0.15, 0.2) is 0 Å². The number of para-hydroxylation sites is 5. The fraction of sp³-hybridized carbons (Fsp3) is 0. The predicted molar refractivity (Wildman–Crippen MR) is 193 cm³/mol. The summed E-state index contributed by atoms with van der Waals surface area (Å²) >= 11 is 0. The van der Waals surface area contributed by atoms with Crippen LogP contribution in [0.15, 0.2) is 156 Å². The first-order chi connectivity index (χ1) is 23.3. The zero-order valence-electron chi connectivity index (χ0n) is 25.2. The second kappa shape index (κ2) is 9.71. The highest BCUT2D eigenvalue weighted by Gasteiger charge is 2.22. The van der Waals surface area contributed by atoms with Crippen LogP contribution in [0.25, 0.3) is 88.1 Å². The quantitative estimate of drug-likeness (QED) is 0.203. The lowest BCUT2D eigenvalue weighted by molar-refractivity contribution is 0.669. The van der Waals surface area contributed by atoms with Gasteiger partial charge in [-0.1, -0.05) is 91.0 Å². The number of fused-ring (bicyclic) bond motifs is 10. The molecule has 10 aromatic rings. The van der Waals surface area contributed by atoms with Crippen LogP contribution in [0.3, 0.4) is 0 Å². The minimum atomic E-state index is 0.616. The summed E-state index contributed by atoms with van der Waals surface area (Å²) in [6, 6.07) is 55.3. The fourth-order valence-electron chi connectivity index (χ4n) is 7.61. The van der Waals surface area contributed by atoms with E-state index < -0.39 is 0 Å². The van der Waals surface area contributed by atoms with Crippen molar-refractivity contribution >= 4 is 65.6 Å². The number of benzene rings is 7. The molecule has 218 valence electrons. The zero-order chi connectivity index (χ0) is 31.1. The van der Waals surface area contributed by atoms with E-state index in [0.29, 0.717) is 5.56 Å². The smallest absolute Gasteiger partial charge is 0.137 e. The second-order valence-electron chi connectivity index (χ2n) is 12.0. The van der Waals surface area contributed by atoms with E-state index in [-0.39, 0.29) is 0 Å². The Kier molecular flexibility index (Phi) is 5.32. The van der Waals surface area contributed by atoms with E-state index in [1.807, 2.05) is 24.3 Å². The average molecular weight is 600 g/mol. The Morgan fingerprint density at radius 3 is 1.74 bits per heavy atom. The summed E-state index contributed by atoms with van der Waals surface area (Å²) in [7, 11) is 0. The summed E-state index contributed by atoms with van der Waals surface area (Å²) in [4.78, 5) is 0. The molecular formula is C43H25N3O. The molecule has 10 rings (SSSR count). The molecule has 0 aliphatic heterocycles. The van der Waals surface area contributed by atoms with Crippen molar-refractivity contribution in [3.63, 3.8) is 0 Å². The summed E-state index contributed by atoms with van der Waals surface area (Å²) in [6.07, 6.45) is 0. The third kappa shape index (κ3) is 3.57. The molecule has 0 N–H and O–H groups in total.